The molecule has 0 saturated carbocycles. The molecule has 0 amide bonds. The fourth-order valence-electron chi connectivity index (χ4n) is 2.10. The first-order valence-electron chi connectivity index (χ1n) is 7.37. The number of hydrogen-bond acceptors (Lipinski definition) is 4. The Hall–Kier alpha value is -2.01. The Morgan fingerprint density at radius 2 is 2.09 bits per heavy atom. The number of halogens is 1. The van der Waals surface area contributed by atoms with E-state index in [0.717, 1.165) is 17.7 Å². The number of nitrogens with one attached hydrogen (secondary N) is 1. The summed E-state index contributed by atoms with van der Waals surface area (Å²) >= 11 is 6.13. The standard InChI is InChI=1S/C16H20ClN3O2/c1-3-9-20-16(21)15(17)13(11-19-20)18-10-12-7-5-6-8-14(12)22-4-2/h5-8,11,18H,3-4,9-10H2,1-2H3. The number of anilines is 1. The summed E-state index contributed by atoms with van der Waals surface area (Å²) in [5, 5.41) is 7.44. The van der Waals surface area contributed by atoms with Crippen LogP contribution in [-0.2, 0) is 13.1 Å². The molecule has 0 atom stereocenters. The lowest BCUT2D eigenvalue weighted by Crippen LogP contribution is -2.24. The van der Waals surface area contributed by atoms with Crippen molar-refractivity contribution in [3.63, 3.8) is 0 Å². The molecule has 5 nitrogen and oxygen atoms in total. The molecule has 0 bridgehead atoms. The molecule has 0 radical (unpaired) electrons. The highest BCUT2D eigenvalue weighted by Crippen LogP contribution is 2.21. The molecule has 0 fully saturated rings. The molecule has 0 aliphatic rings. The summed E-state index contributed by atoms with van der Waals surface area (Å²) in [5.74, 6) is 0.820. The third-order valence-corrected chi connectivity index (χ3v) is 3.53. The Morgan fingerprint density at radius 1 is 1.32 bits per heavy atom. The number of benzene rings is 1. The van der Waals surface area contributed by atoms with Crippen molar-refractivity contribution in [2.24, 2.45) is 0 Å². The van der Waals surface area contributed by atoms with E-state index in [2.05, 4.69) is 10.4 Å². The maximum atomic E-state index is 12.1. The van der Waals surface area contributed by atoms with E-state index in [1.807, 2.05) is 38.1 Å². The predicted molar refractivity (Wildman–Crippen MR) is 88.7 cm³/mol. The van der Waals surface area contributed by atoms with Crippen LogP contribution in [0.15, 0.2) is 35.3 Å². The largest absolute Gasteiger partial charge is 0.494 e. The minimum Gasteiger partial charge on any atom is -0.494 e. The highest BCUT2D eigenvalue weighted by Gasteiger charge is 2.09. The highest BCUT2D eigenvalue weighted by atomic mass is 35.5. The van der Waals surface area contributed by atoms with Crippen LogP contribution in [0.2, 0.25) is 5.02 Å². The minimum atomic E-state index is -0.272. The zero-order chi connectivity index (χ0) is 15.9. The van der Waals surface area contributed by atoms with Crippen molar-refractivity contribution in [1.29, 1.82) is 0 Å². The van der Waals surface area contributed by atoms with E-state index in [1.54, 1.807) is 6.20 Å². The molecule has 22 heavy (non-hydrogen) atoms. The molecule has 1 aromatic heterocycles. The van der Waals surface area contributed by atoms with E-state index in [-0.39, 0.29) is 10.6 Å². The van der Waals surface area contributed by atoms with Crippen molar-refractivity contribution in [2.45, 2.75) is 33.4 Å². The van der Waals surface area contributed by atoms with Crippen LogP contribution in [0.5, 0.6) is 5.75 Å². The summed E-state index contributed by atoms with van der Waals surface area (Å²) in [4.78, 5) is 12.1. The van der Waals surface area contributed by atoms with Gasteiger partial charge in [0.1, 0.15) is 10.8 Å². The van der Waals surface area contributed by atoms with E-state index < -0.39 is 0 Å². The lowest BCUT2D eigenvalue weighted by Gasteiger charge is -2.13. The molecule has 0 unspecified atom stereocenters. The van der Waals surface area contributed by atoms with Gasteiger partial charge in [-0.2, -0.15) is 5.10 Å². The molecule has 6 heteroatoms. The second-order valence-corrected chi connectivity index (χ2v) is 5.17. The van der Waals surface area contributed by atoms with Gasteiger partial charge in [0.15, 0.2) is 0 Å². The molecule has 0 spiro atoms. The van der Waals surface area contributed by atoms with Crippen molar-refractivity contribution < 1.29 is 4.74 Å². The van der Waals surface area contributed by atoms with Crippen molar-refractivity contribution in [3.8, 4) is 5.75 Å². The minimum absolute atomic E-state index is 0.164. The number of para-hydroxylation sites is 1. The van der Waals surface area contributed by atoms with Gasteiger partial charge in [0, 0.05) is 18.7 Å². The number of aryl methyl sites for hydroxylation is 1. The molecular weight excluding hydrogens is 302 g/mol. The summed E-state index contributed by atoms with van der Waals surface area (Å²) in [6, 6.07) is 7.75. The fraction of sp³-hybridized carbons (Fsp3) is 0.375. The molecule has 1 N–H and O–H groups in total. The number of ether oxygens (including phenoxy) is 1. The van der Waals surface area contributed by atoms with Crippen molar-refractivity contribution in [2.75, 3.05) is 11.9 Å². The predicted octanol–water partition coefficient (Wildman–Crippen LogP) is 3.32. The van der Waals surface area contributed by atoms with Crippen LogP contribution in [0.4, 0.5) is 5.69 Å². The Bertz CT molecular complexity index is 685. The van der Waals surface area contributed by atoms with E-state index in [4.69, 9.17) is 16.3 Å². The van der Waals surface area contributed by atoms with Crippen LogP contribution >= 0.6 is 11.6 Å². The van der Waals surface area contributed by atoms with Crippen LogP contribution in [0.3, 0.4) is 0 Å². The van der Waals surface area contributed by atoms with Gasteiger partial charge < -0.3 is 10.1 Å². The Morgan fingerprint density at radius 3 is 2.82 bits per heavy atom. The third kappa shape index (κ3) is 3.80. The molecule has 2 rings (SSSR count). The van der Waals surface area contributed by atoms with Crippen LogP contribution in [0, 0.1) is 0 Å². The summed E-state index contributed by atoms with van der Waals surface area (Å²) in [6.45, 7) is 5.60. The lowest BCUT2D eigenvalue weighted by molar-refractivity contribution is 0.337. The first-order valence-corrected chi connectivity index (χ1v) is 7.75. The van der Waals surface area contributed by atoms with E-state index >= 15 is 0 Å². The molecule has 1 heterocycles. The van der Waals surface area contributed by atoms with Gasteiger partial charge in [0.25, 0.3) is 5.56 Å². The average Bonchev–Trinajstić information content (AvgIpc) is 2.53. The van der Waals surface area contributed by atoms with Gasteiger partial charge in [0.05, 0.1) is 18.5 Å². The molecule has 2 aromatic rings. The van der Waals surface area contributed by atoms with Gasteiger partial charge in [-0.25, -0.2) is 4.68 Å². The van der Waals surface area contributed by atoms with E-state index in [1.165, 1.54) is 4.68 Å². The van der Waals surface area contributed by atoms with Crippen LogP contribution in [0.1, 0.15) is 25.8 Å². The highest BCUT2D eigenvalue weighted by molar-refractivity contribution is 6.32. The number of aromatic nitrogens is 2. The van der Waals surface area contributed by atoms with Gasteiger partial charge >= 0.3 is 0 Å². The average molecular weight is 322 g/mol. The Kier molecular flexibility index (Phi) is 5.83. The summed E-state index contributed by atoms with van der Waals surface area (Å²) < 4.78 is 6.95. The van der Waals surface area contributed by atoms with Gasteiger partial charge in [-0.05, 0) is 19.4 Å². The number of nitrogens with zero attached hydrogens (tertiary/aromatic N) is 2. The van der Waals surface area contributed by atoms with E-state index in [9.17, 15) is 4.79 Å². The first-order chi connectivity index (χ1) is 10.7. The van der Waals surface area contributed by atoms with Crippen LogP contribution in [0.25, 0.3) is 0 Å². The zero-order valence-electron chi connectivity index (χ0n) is 12.8. The van der Waals surface area contributed by atoms with Crippen molar-refractivity contribution >= 4 is 17.3 Å². The first kappa shape index (κ1) is 16.4. The smallest absolute Gasteiger partial charge is 0.287 e. The molecule has 0 saturated heterocycles. The number of hydrogen-bond donors (Lipinski definition) is 1. The molecular formula is C16H20ClN3O2. The number of rotatable bonds is 7. The quantitative estimate of drug-likeness (QED) is 0.850. The van der Waals surface area contributed by atoms with E-state index in [0.29, 0.717) is 25.4 Å². The summed E-state index contributed by atoms with van der Waals surface area (Å²) in [7, 11) is 0. The molecule has 0 aliphatic carbocycles. The van der Waals surface area contributed by atoms with Crippen LogP contribution in [-0.4, -0.2) is 16.4 Å². The van der Waals surface area contributed by atoms with Gasteiger partial charge in [0.2, 0.25) is 0 Å². The van der Waals surface area contributed by atoms with Crippen molar-refractivity contribution in [3.05, 3.63) is 51.4 Å². The third-order valence-electron chi connectivity index (χ3n) is 3.16. The second kappa shape index (κ2) is 7.84. The molecule has 118 valence electrons. The van der Waals surface area contributed by atoms with Crippen LogP contribution < -0.4 is 15.6 Å². The fourth-order valence-corrected chi connectivity index (χ4v) is 2.31. The summed E-state index contributed by atoms with van der Waals surface area (Å²) in [5.41, 5.74) is 1.26. The van der Waals surface area contributed by atoms with Gasteiger partial charge in [-0.1, -0.05) is 36.7 Å². The monoisotopic (exact) mass is 321 g/mol. The maximum Gasteiger partial charge on any atom is 0.287 e. The SMILES string of the molecule is CCCn1ncc(NCc2ccccc2OCC)c(Cl)c1=O. The second-order valence-electron chi connectivity index (χ2n) is 4.79. The van der Waals surface area contributed by atoms with Crippen molar-refractivity contribution in [1.82, 2.24) is 9.78 Å². The Labute approximate surface area is 134 Å². The molecule has 1 aromatic carbocycles. The maximum absolute atomic E-state index is 12.1. The van der Waals surface area contributed by atoms with Gasteiger partial charge in [-0.3, -0.25) is 4.79 Å². The topological polar surface area (TPSA) is 56.1 Å². The lowest BCUT2D eigenvalue weighted by atomic mass is 10.2. The Balaban J connectivity index is 2.15. The zero-order valence-corrected chi connectivity index (χ0v) is 13.6. The van der Waals surface area contributed by atoms with Gasteiger partial charge in [-0.15, -0.1) is 0 Å². The molecule has 0 aliphatic heterocycles. The normalized spacial score (nSPS) is 10.5. The summed E-state index contributed by atoms with van der Waals surface area (Å²) in [6.07, 6.45) is 2.42.